The average Bonchev–Trinajstić information content (AvgIpc) is 2.66. The fourth-order valence-electron chi connectivity index (χ4n) is 2.52. The van der Waals surface area contributed by atoms with Gasteiger partial charge in [-0.1, -0.05) is 6.07 Å². The minimum atomic E-state index is -0.549. The lowest BCUT2D eigenvalue weighted by atomic mass is 10.0. The summed E-state index contributed by atoms with van der Waals surface area (Å²) in [6, 6.07) is 7.50. The van der Waals surface area contributed by atoms with E-state index in [4.69, 9.17) is 18.9 Å². The van der Waals surface area contributed by atoms with Gasteiger partial charge in [0.2, 0.25) is 5.75 Å². The van der Waals surface area contributed by atoms with Crippen molar-refractivity contribution in [3.05, 3.63) is 51.6 Å². The molecule has 2 rings (SSSR count). The lowest BCUT2D eigenvalue weighted by molar-refractivity contribution is -0.385. The van der Waals surface area contributed by atoms with E-state index in [1.165, 1.54) is 40.6 Å². The van der Waals surface area contributed by atoms with Gasteiger partial charge in [0.15, 0.2) is 23.0 Å². The second kappa shape index (κ2) is 8.19. The zero-order valence-corrected chi connectivity index (χ0v) is 14.9. The highest BCUT2D eigenvalue weighted by molar-refractivity contribution is 5.98. The van der Waals surface area contributed by atoms with E-state index in [0.29, 0.717) is 28.4 Å². The maximum atomic E-state index is 12.6. The number of rotatable bonds is 8. The van der Waals surface area contributed by atoms with E-state index < -0.39 is 4.92 Å². The average molecular weight is 361 g/mol. The third-order valence-electron chi connectivity index (χ3n) is 3.79. The Morgan fingerprint density at radius 1 is 0.923 bits per heavy atom. The second-order valence-corrected chi connectivity index (χ2v) is 5.28. The summed E-state index contributed by atoms with van der Waals surface area (Å²) < 4.78 is 20.7. The van der Waals surface area contributed by atoms with Gasteiger partial charge in [0, 0.05) is 18.1 Å². The first-order valence-electron chi connectivity index (χ1n) is 7.59. The SMILES string of the molecule is COc1ccc(CC(=O)c2cc(OC)c(OC)c(OC)c2)cc1[N+](=O)[O-]. The Balaban J connectivity index is 2.36. The summed E-state index contributed by atoms with van der Waals surface area (Å²) in [6.45, 7) is 0. The van der Waals surface area contributed by atoms with Crippen LogP contribution >= 0.6 is 0 Å². The molecule has 0 atom stereocenters. The van der Waals surface area contributed by atoms with Gasteiger partial charge in [0.25, 0.3) is 0 Å². The van der Waals surface area contributed by atoms with Gasteiger partial charge < -0.3 is 18.9 Å². The highest BCUT2D eigenvalue weighted by Crippen LogP contribution is 2.38. The number of carbonyl (C=O) groups excluding carboxylic acids is 1. The molecule has 0 aliphatic carbocycles. The lowest BCUT2D eigenvalue weighted by Gasteiger charge is -2.13. The van der Waals surface area contributed by atoms with Crippen LogP contribution in [0, 0.1) is 10.1 Å². The molecular formula is C18H19NO7. The van der Waals surface area contributed by atoms with Gasteiger partial charge in [-0.2, -0.15) is 0 Å². The lowest BCUT2D eigenvalue weighted by Crippen LogP contribution is -2.06. The van der Waals surface area contributed by atoms with Crippen LogP contribution in [-0.4, -0.2) is 39.1 Å². The van der Waals surface area contributed by atoms with Gasteiger partial charge in [0.1, 0.15) is 0 Å². The molecule has 0 amide bonds. The van der Waals surface area contributed by atoms with Crippen LogP contribution in [-0.2, 0) is 6.42 Å². The summed E-state index contributed by atoms with van der Waals surface area (Å²) >= 11 is 0. The molecule has 0 spiro atoms. The van der Waals surface area contributed by atoms with Crippen LogP contribution in [0.4, 0.5) is 5.69 Å². The molecule has 0 saturated carbocycles. The quantitative estimate of drug-likeness (QED) is 0.405. The highest BCUT2D eigenvalue weighted by atomic mass is 16.6. The number of nitro benzene ring substituents is 1. The fourth-order valence-corrected chi connectivity index (χ4v) is 2.52. The van der Waals surface area contributed by atoms with E-state index in [0.717, 1.165) is 0 Å². The van der Waals surface area contributed by atoms with Crippen LogP contribution in [0.15, 0.2) is 30.3 Å². The van der Waals surface area contributed by atoms with Gasteiger partial charge in [0.05, 0.1) is 33.4 Å². The van der Waals surface area contributed by atoms with Gasteiger partial charge in [-0.25, -0.2) is 0 Å². The molecule has 0 unspecified atom stereocenters. The maximum Gasteiger partial charge on any atom is 0.311 e. The molecule has 0 aliphatic rings. The van der Waals surface area contributed by atoms with E-state index in [1.54, 1.807) is 18.2 Å². The highest BCUT2D eigenvalue weighted by Gasteiger charge is 2.19. The summed E-state index contributed by atoms with van der Waals surface area (Å²) in [4.78, 5) is 23.2. The fraction of sp³-hybridized carbons (Fsp3) is 0.278. The third-order valence-corrected chi connectivity index (χ3v) is 3.79. The number of hydrogen-bond donors (Lipinski definition) is 0. The zero-order valence-electron chi connectivity index (χ0n) is 14.9. The Labute approximate surface area is 150 Å². The Morgan fingerprint density at radius 2 is 1.50 bits per heavy atom. The minimum Gasteiger partial charge on any atom is -0.493 e. The monoisotopic (exact) mass is 361 g/mol. The number of methoxy groups -OCH3 is 4. The summed E-state index contributed by atoms with van der Waals surface area (Å²) in [7, 11) is 5.73. The van der Waals surface area contributed by atoms with Crippen molar-refractivity contribution < 1.29 is 28.7 Å². The first-order valence-corrected chi connectivity index (χ1v) is 7.59. The van der Waals surface area contributed by atoms with Gasteiger partial charge in [-0.05, 0) is 23.8 Å². The number of benzene rings is 2. The molecule has 0 saturated heterocycles. The Bertz CT molecular complexity index is 807. The Morgan fingerprint density at radius 3 is 1.96 bits per heavy atom. The van der Waals surface area contributed by atoms with Crippen molar-refractivity contribution in [3.63, 3.8) is 0 Å². The van der Waals surface area contributed by atoms with Crippen LogP contribution in [0.5, 0.6) is 23.0 Å². The summed E-state index contributed by atoms with van der Waals surface area (Å²) in [5.41, 5.74) is 0.650. The molecule has 0 heterocycles. The van der Waals surface area contributed by atoms with Crippen molar-refractivity contribution >= 4 is 11.5 Å². The number of ketones is 1. The van der Waals surface area contributed by atoms with Crippen molar-refractivity contribution in [2.75, 3.05) is 28.4 Å². The van der Waals surface area contributed by atoms with Crippen LogP contribution in [0.1, 0.15) is 15.9 Å². The van der Waals surface area contributed by atoms with Gasteiger partial charge in [-0.3, -0.25) is 14.9 Å². The van der Waals surface area contributed by atoms with Gasteiger partial charge >= 0.3 is 5.69 Å². The minimum absolute atomic E-state index is 0.0243. The topological polar surface area (TPSA) is 97.1 Å². The van der Waals surface area contributed by atoms with Crippen LogP contribution in [0.25, 0.3) is 0 Å². The van der Waals surface area contributed by atoms with E-state index >= 15 is 0 Å². The molecule has 2 aromatic carbocycles. The Kier molecular flexibility index (Phi) is 6.00. The van der Waals surface area contributed by atoms with E-state index in [1.807, 2.05) is 0 Å². The van der Waals surface area contributed by atoms with E-state index in [9.17, 15) is 14.9 Å². The van der Waals surface area contributed by atoms with Crippen LogP contribution in [0.3, 0.4) is 0 Å². The molecule has 138 valence electrons. The largest absolute Gasteiger partial charge is 0.493 e. The third kappa shape index (κ3) is 3.85. The van der Waals surface area contributed by atoms with Crippen LogP contribution in [0.2, 0.25) is 0 Å². The zero-order chi connectivity index (χ0) is 19.3. The molecule has 8 heteroatoms. The van der Waals surface area contributed by atoms with E-state index in [-0.39, 0.29) is 23.6 Å². The van der Waals surface area contributed by atoms with Crippen molar-refractivity contribution in [3.8, 4) is 23.0 Å². The number of nitro groups is 1. The van der Waals surface area contributed by atoms with Crippen LogP contribution < -0.4 is 18.9 Å². The van der Waals surface area contributed by atoms with Crippen molar-refractivity contribution in [2.45, 2.75) is 6.42 Å². The van der Waals surface area contributed by atoms with Crippen molar-refractivity contribution in [2.24, 2.45) is 0 Å². The number of hydrogen-bond acceptors (Lipinski definition) is 7. The first kappa shape index (κ1) is 19.0. The molecule has 2 aromatic rings. The molecule has 0 N–H and O–H groups in total. The smallest absolute Gasteiger partial charge is 0.311 e. The van der Waals surface area contributed by atoms with Crippen molar-refractivity contribution in [1.29, 1.82) is 0 Å². The Hall–Kier alpha value is -3.29. The summed E-state index contributed by atoms with van der Waals surface area (Å²) in [5.74, 6) is 0.987. The predicted molar refractivity (Wildman–Crippen MR) is 93.8 cm³/mol. The molecule has 0 bridgehead atoms. The predicted octanol–water partition coefficient (Wildman–Crippen LogP) is 3.05. The molecular weight excluding hydrogens is 342 g/mol. The molecule has 0 radical (unpaired) electrons. The number of carbonyl (C=O) groups is 1. The molecule has 0 aromatic heterocycles. The normalized spacial score (nSPS) is 10.2. The molecule has 0 fully saturated rings. The molecule has 8 nitrogen and oxygen atoms in total. The first-order chi connectivity index (χ1) is 12.4. The molecule has 26 heavy (non-hydrogen) atoms. The maximum absolute atomic E-state index is 12.6. The van der Waals surface area contributed by atoms with E-state index in [2.05, 4.69) is 0 Å². The number of ether oxygens (including phenoxy) is 4. The number of Topliss-reactive ketones (excluding diaryl/α,β-unsaturated/α-hetero) is 1. The number of nitrogens with zero attached hydrogens (tertiary/aromatic N) is 1. The van der Waals surface area contributed by atoms with Gasteiger partial charge in [-0.15, -0.1) is 0 Å². The summed E-state index contributed by atoms with van der Waals surface area (Å²) in [6.07, 6.45) is -0.0243. The van der Waals surface area contributed by atoms with Crippen molar-refractivity contribution in [1.82, 2.24) is 0 Å². The standard InChI is InChI=1S/C18H19NO7/c1-23-15-6-5-11(7-13(15)19(21)22)8-14(20)12-9-16(24-2)18(26-4)17(10-12)25-3/h5-7,9-10H,8H2,1-4H3. The summed E-state index contributed by atoms with van der Waals surface area (Å²) in [5, 5.41) is 11.1. The second-order valence-electron chi connectivity index (χ2n) is 5.28. The molecule has 0 aliphatic heterocycles.